The molecule has 16 heteroatoms. The van der Waals surface area contributed by atoms with E-state index in [2.05, 4.69) is 31.2 Å². The van der Waals surface area contributed by atoms with Gasteiger partial charge in [-0.1, -0.05) is 53.4 Å². The van der Waals surface area contributed by atoms with Gasteiger partial charge in [0.1, 0.15) is 23.4 Å². The smallest absolute Gasteiger partial charge is 0.410 e. The second-order valence-corrected chi connectivity index (χ2v) is 17.2. The Labute approximate surface area is 324 Å². The normalized spacial score (nSPS) is 20.7. The molecule has 3 aliphatic rings. The summed E-state index contributed by atoms with van der Waals surface area (Å²) < 4.78 is 5.62. The monoisotopic (exact) mass is 768 g/mol. The second-order valence-electron chi connectivity index (χ2n) is 17.2. The van der Waals surface area contributed by atoms with Crippen LogP contribution in [-0.2, 0) is 28.7 Å². The van der Waals surface area contributed by atoms with Gasteiger partial charge in [0.05, 0.1) is 24.2 Å². The molecule has 304 valence electrons. The number of likely N-dealkylation sites (tertiary alicyclic amines) is 1. The number of ketones is 1. The molecule has 6 amide bonds. The topological polar surface area (TPSA) is 209 Å². The van der Waals surface area contributed by atoms with Crippen LogP contribution in [0.3, 0.4) is 0 Å². The summed E-state index contributed by atoms with van der Waals surface area (Å²) in [6, 6.07) is -4.08. The minimum absolute atomic E-state index is 0.0423. The molecule has 0 unspecified atom stereocenters. The summed E-state index contributed by atoms with van der Waals surface area (Å²) in [5, 5.41) is 11.2. The van der Waals surface area contributed by atoms with Crippen LogP contribution in [0.1, 0.15) is 117 Å². The van der Waals surface area contributed by atoms with Crippen LogP contribution in [0, 0.1) is 17.3 Å². The van der Waals surface area contributed by atoms with E-state index in [1.165, 1.54) is 35.4 Å². The number of carbonyl (C=O) groups excluding carboxylic acids is 7. The van der Waals surface area contributed by atoms with E-state index >= 15 is 0 Å². The molecule has 0 radical (unpaired) electrons. The Balaban J connectivity index is 1.59. The average molecular weight is 769 g/mol. The maximum atomic E-state index is 14.6. The van der Waals surface area contributed by atoms with Gasteiger partial charge in [-0.3, -0.25) is 33.8 Å². The van der Waals surface area contributed by atoms with Crippen LogP contribution in [-0.4, -0.2) is 117 Å². The van der Waals surface area contributed by atoms with Crippen molar-refractivity contribution < 1.29 is 38.3 Å². The summed E-state index contributed by atoms with van der Waals surface area (Å²) in [6.45, 7) is 12.2. The van der Waals surface area contributed by atoms with Crippen molar-refractivity contribution in [2.45, 2.75) is 142 Å². The quantitative estimate of drug-likeness (QED) is 0.203. The highest BCUT2D eigenvalue weighted by atomic mass is 16.6. The molecule has 0 bridgehead atoms. The Kier molecular flexibility index (Phi) is 14.4. The molecular formula is C39H60N8O8. The van der Waals surface area contributed by atoms with E-state index in [0.717, 1.165) is 44.9 Å². The largest absolute Gasteiger partial charge is 0.444 e. The summed E-state index contributed by atoms with van der Waals surface area (Å²) in [4.78, 5) is 106. The predicted molar refractivity (Wildman–Crippen MR) is 202 cm³/mol. The Bertz CT molecular complexity index is 1570. The molecule has 0 aromatic carbocycles. The molecule has 2 saturated carbocycles. The van der Waals surface area contributed by atoms with Crippen molar-refractivity contribution >= 4 is 41.4 Å². The zero-order chi connectivity index (χ0) is 40.7. The van der Waals surface area contributed by atoms with Crippen molar-refractivity contribution in [3.05, 3.63) is 24.3 Å². The fourth-order valence-corrected chi connectivity index (χ4v) is 7.14. The summed E-state index contributed by atoms with van der Waals surface area (Å²) in [5.74, 6) is -4.86. The predicted octanol–water partition coefficient (Wildman–Crippen LogP) is 2.51. The van der Waals surface area contributed by atoms with Crippen LogP contribution in [0.5, 0.6) is 0 Å². The average Bonchev–Trinajstić information content (AvgIpc) is 3.83. The van der Waals surface area contributed by atoms with Crippen LogP contribution in [0.25, 0.3) is 0 Å². The molecular weight excluding hydrogens is 708 g/mol. The van der Waals surface area contributed by atoms with Gasteiger partial charge in [-0.15, -0.1) is 0 Å². The Morgan fingerprint density at radius 2 is 1.58 bits per heavy atom. The van der Waals surface area contributed by atoms with Crippen molar-refractivity contribution in [3.8, 4) is 0 Å². The maximum absolute atomic E-state index is 14.6. The van der Waals surface area contributed by atoms with Crippen molar-refractivity contribution in [2.24, 2.45) is 17.3 Å². The lowest BCUT2D eigenvalue weighted by Crippen LogP contribution is -2.61. The number of hydrogen-bond acceptors (Lipinski definition) is 10. The highest BCUT2D eigenvalue weighted by Gasteiger charge is 2.48. The molecule has 4 N–H and O–H groups in total. The van der Waals surface area contributed by atoms with Crippen LogP contribution < -0.4 is 21.3 Å². The van der Waals surface area contributed by atoms with Gasteiger partial charge in [0.15, 0.2) is 0 Å². The van der Waals surface area contributed by atoms with Gasteiger partial charge < -0.3 is 35.8 Å². The standard InChI is InChI=1S/C39H60N8O8/c1-9-13-26(30(48)35(52)42-24-16-17-24)43-32(49)25-21-47(37(54)55-39(5,6)7)22-28(25)46(8)36(53)31(38(2,3)4)45-34(51)29(23-14-11-10-12-15-23)44-33(50)27-20-40-18-19-41-27/h18-20,23-26,28-29,31H,9-17,21-22H2,1-8H3,(H,42,52)(H,43,49)(H,44,50)(H,45,51)/t25-,26+,28+,29+,31-/m1/s1. The van der Waals surface area contributed by atoms with E-state index in [9.17, 15) is 33.6 Å². The van der Waals surface area contributed by atoms with E-state index in [1.807, 2.05) is 6.92 Å². The number of ether oxygens (including phenoxy) is 1. The summed E-state index contributed by atoms with van der Waals surface area (Å²) >= 11 is 0. The summed E-state index contributed by atoms with van der Waals surface area (Å²) in [5.41, 5.74) is -1.60. The fourth-order valence-electron chi connectivity index (χ4n) is 7.14. The fraction of sp³-hybridized carbons (Fsp3) is 0.718. The Morgan fingerprint density at radius 1 is 0.909 bits per heavy atom. The zero-order valence-corrected chi connectivity index (χ0v) is 33.6. The van der Waals surface area contributed by atoms with Gasteiger partial charge in [0.2, 0.25) is 23.5 Å². The van der Waals surface area contributed by atoms with Crippen LogP contribution >= 0.6 is 0 Å². The van der Waals surface area contributed by atoms with Crippen LogP contribution in [0.2, 0.25) is 0 Å². The zero-order valence-electron chi connectivity index (χ0n) is 33.6. The van der Waals surface area contributed by atoms with E-state index in [4.69, 9.17) is 4.74 Å². The molecule has 1 aliphatic heterocycles. The van der Waals surface area contributed by atoms with Gasteiger partial charge in [0.25, 0.3) is 11.8 Å². The molecule has 1 aromatic heterocycles. The highest BCUT2D eigenvalue weighted by molar-refractivity contribution is 6.38. The number of Topliss-reactive ketones (excluding diaryl/α,β-unsaturated/α-hetero) is 1. The first-order valence-electron chi connectivity index (χ1n) is 19.6. The van der Waals surface area contributed by atoms with Crippen molar-refractivity contribution in [3.63, 3.8) is 0 Å². The van der Waals surface area contributed by atoms with Gasteiger partial charge in [-0.05, 0) is 64.2 Å². The third kappa shape index (κ3) is 11.9. The highest BCUT2D eigenvalue weighted by Crippen LogP contribution is 2.30. The molecule has 1 aromatic rings. The molecule has 4 rings (SSSR count). The number of aromatic nitrogens is 2. The Morgan fingerprint density at radius 3 is 2.15 bits per heavy atom. The number of rotatable bonds is 14. The van der Waals surface area contributed by atoms with E-state index < -0.39 is 82.5 Å². The van der Waals surface area contributed by atoms with Gasteiger partial charge in [-0.25, -0.2) is 9.78 Å². The number of nitrogens with zero attached hydrogens (tertiary/aromatic N) is 4. The molecule has 1 saturated heterocycles. The lowest BCUT2D eigenvalue weighted by molar-refractivity contribution is -0.143. The summed E-state index contributed by atoms with van der Waals surface area (Å²) in [6.07, 6.45) is 10.1. The van der Waals surface area contributed by atoms with Crippen molar-refractivity contribution in [1.29, 1.82) is 0 Å². The number of hydrogen-bond donors (Lipinski definition) is 4. The van der Waals surface area contributed by atoms with Gasteiger partial charge in [0, 0.05) is 38.6 Å². The second kappa shape index (κ2) is 18.3. The molecule has 2 heterocycles. The number of amides is 6. The molecule has 3 fully saturated rings. The van der Waals surface area contributed by atoms with E-state index in [1.54, 1.807) is 41.5 Å². The summed E-state index contributed by atoms with van der Waals surface area (Å²) in [7, 11) is 1.52. The Hall–Kier alpha value is -4.63. The molecule has 5 atom stereocenters. The number of nitrogens with one attached hydrogen (secondary N) is 4. The minimum atomic E-state index is -1.11. The molecule has 2 aliphatic carbocycles. The van der Waals surface area contributed by atoms with Crippen molar-refractivity contribution in [1.82, 2.24) is 41.0 Å². The van der Waals surface area contributed by atoms with Gasteiger partial charge >= 0.3 is 6.09 Å². The number of carbonyl (C=O) groups is 7. The molecule has 16 nitrogen and oxygen atoms in total. The third-order valence-corrected chi connectivity index (χ3v) is 10.4. The minimum Gasteiger partial charge on any atom is -0.444 e. The van der Waals surface area contributed by atoms with E-state index in [-0.39, 0.29) is 37.2 Å². The molecule has 0 spiro atoms. The lowest BCUT2D eigenvalue weighted by atomic mass is 9.82. The maximum Gasteiger partial charge on any atom is 0.410 e. The van der Waals surface area contributed by atoms with Crippen LogP contribution in [0.15, 0.2) is 18.6 Å². The first kappa shape index (κ1) is 43.1. The lowest BCUT2D eigenvalue weighted by Gasteiger charge is -2.38. The first-order valence-corrected chi connectivity index (χ1v) is 19.6. The van der Waals surface area contributed by atoms with Crippen LogP contribution in [0.4, 0.5) is 4.79 Å². The van der Waals surface area contributed by atoms with Crippen molar-refractivity contribution in [2.75, 3.05) is 20.1 Å². The first-order chi connectivity index (χ1) is 25.8. The third-order valence-electron chi connectivity index (χ3n) is 10.4. The number of likely N-dealkylation sites (N-methyl/N-ethyl adjacent to an activating group) is 1. The SMILES string of the molecule is CCC[C@H](NC(=O)[C@@H]1CN(C(=O)OC(C)(C)C)C[C@@H]1N(C)C(=O)[C@@H](NC(=O)[C@@H](NC(=O)c1cnccn1)C1CCCCC1)C(C)(C)C)C(=O)C(=O)NC1CC1. The van der Waals surface area contributed by atoms with E-state index in [0.29, 0.717) is 6.42 Å². The molecule has 55 heavy (non-hydrogen) atoms. The van der Waals surface area contributed by atoms with Gasteiger partial charge in [-0.2, -0.15) is 0 Å².